The number of carbonyl (C=O) groups excluding carboxylic acids is 2. The molecule has 1 unspecified atom stereocenters. The summed E-state index contributed by atoms with van der Waals surface area (Å²) >= 11 is 1.41. The lowest BCUT2D eigenvalue weighted by molar-refractivity contribution is -0.137. The van der Waals surface area contributed by atoms with Crippen LogP contribution in [-0.2, 0) is 9.53 Å². The minimum Gasteiger partial charge on any atom is -0.497 e. The first kappa shape index (κ1) is 18.1. The lowest BCUT2D eigenvalue weighted by Gasteiger charge is -2.16. The van der Waals surface area contributed by atoms with Crippen LogP contribution in [-0.4, -0.2) is 31.7 Å². The molecule has 2 aromatic carbocycles. The highest BCUT2D eigenvalue weighted by Gasteiger charge is 2.19. The number of methoxy groups -OCH3 is 2. The molecule has 0 heterocycles. The SMILES string of the molecule is COC(=O)CSC(CC(=O)c1ccccc1)c1ccc(OC)cc1. The molecule has 0 aliphatic carbocycles. The maximum Gasteiger partial charge on any atom is 0.315 e. The van der Waals surface area contributed by atoms with Gasteiger partial charge in [-0.05, 0) is 17.7 Å². The molecule has 5 heteroatoms. The zero-order valence-corrected chi connectivity index (χ0v) is 14.5. The molecular formula is C19H20O4S. The fourth-order valence-corrected chi connectivity index (χ4v) is 3.30. The summed E-state index contributed by atoms with van der Waals surface area (Å²) in [6.45, 7) is 0. The summed E-state index contributed by atoms with van der Waals surface area (Å²) in [7, 11) is 2.97. The summed E-state index contributed by atoms with van der Waals surface area (Å²) in [6, 6.07) is 16.7. The van der Waals surface area contributed by atoms with Gasteiger partial charge in [0.05, 0.1) is 20.0 Å². The van der Waals surface area contributed by atoms with Crippen molar-refractivity contribution in [1.29, 1.82) is 0 Å². The molecule has 0 fully saturated rings. The summed E-state index contributed by atoms with van der Waals surface area (Å²) in [4.78, 5) is 24.0. The maximum atomic E-state index is 12.5. The van der Waals surface area contributed by atoms with E-state index >= 15 is 0 Å². The number of esters is 1. The highest BCUT2D eigenvalue weighted by molar-refractivity contribution is 8.00. The topological polar surface area (TPSA) is 52.6 Å². The smallest absolute Gasteiger partial charge is 0.315 e. The van der Waals surface area contributed by atoms with Gasteiger partial charge < -0.3 is 9.47 Å². The monoisotopic (exact) mass is 344 g/mol. The van der Waals surface area contributed by atoms with Gasteiger partial charge in [-0.25, -0.2) is 0 Å². The second-order valence-electron chi connectivity index (χ2n) is 5.14. The second-order valence-corrected chi connectivity index (χ2v) is 6.33. The van der Waals surface area contributed by atoms with Crippen molar-refractivity contribution in [1.82, 2.24) is 0 Å². The number of thioether (sulfide) groups is 1. The van der Waals surface area contributed by atoms with Crippen molar-refractivity contribution in [3.05, 3.63) is 65.7 Å². The Hall–Kier alpha value is -2.27. The average molecular weight is 344 g/mol. The van der Waals surface area contributed by atoms with Gasteiger partial charge in [0.1, 0.15) is 5.75 Å². The molecule has 0 radical (unpaired) electrons. The van der Waals surface area contributed by atoms with E-state index in [0.29, 0.717) is 12.0 Å². The predicted octanol–water partition coefficient (Wildman–Crippen LogP) is 3.92. The van der Waals surface area contributed by atoms with Crippen LogP contribution in [0.1, 0.15) is 27.6 Å². The van der Waals surface area contributed by atoms with Crippen molar-refractivity contribution in [2.45, 2.75) is 11.7 Å². The van der Waals surface area contributed by atoms with Gasteiger partial charge in [0, 0.05) is 17.2 Å². The Labute approximate surface area is 146 Å². The maximum absolute atomic E-state index is 12.5. The largest absolute Gasteiger partial charge is 0.497 e. The summed E-state index contributed by atoms with van der Waals surface area (Å²) in [5.74, 6) is 0.708. The first-order valence-corrected chi connectivity index (χ1v) is 8.59. The van der Waals surface area contributed by atoms with Crippen molar-refractivity contribution in [3.8, 4) is 5.75 Å². The molecular weight excluding hydrogens is 324 g/mol. The van der Waals surface area contributed by atoms with Gasteiger partial charge in [0.2, 0.25) is 0 Å². The number of Topliss-reactive ketones (excluding diaryl/α,β-unsaturated/α-hetero) is 1. The molecule has 2 aromatic rings. The Morgan fingerprint density at radius 2 is 1.67 bits per heavy atom. The molecule has 0 aliphatic rings. The van der Waals surface area contributed by atoms with Crippen molar-refractivity contribution < 1.29 is 19.1 Å². The minimum absolute atomic E-state index is 0.0498. The summed E-state index contributed by atoms with van der Waals surface area (Å²) in [6.07, 6.45) is 0.317. The van der Waals surface area contributed by atoms with E-state index in [4.69, 9.17) is 9.47 Å². The van der Waals surface area contributed by atoms with Crippen LogP contribution in [0.3, 0.4) is 0 Å². The van der Waals surface area contributed by atoms with E-state index in [1.54, 1.807) is 19.2 Å². The van der Waals surface area contributed by atoms with Gasteiger partial charge in [-0.2, -0.15) is 0 Å². The van der Waals surface area contributed by atoms with E-state index in [-0.39, 0.29) is 22.8 Å². The Morgan fingerprint density at radius 3 is 2.25 bits per heavy atom. The molecule has 0 bridgehead atoms. The number of ether oxygens (including phenoxy) is 2. The number of rotatable bonds is 8. The fourth-order valence-electron chi connectivity index (χ4n) is 2.23. The molecule has 126 valence electrons. The molecule has 0 saturated heterocycles. The van der Waals surface area contributed by atoms with Crippen molar-refractivity contribution >= 4 is 23.5 Å². The normalized spacial score (nSPS) is 11.6. The lowest BCUT2D eigenvalue weighted by Crippen LogP contribution is -2.09. The minimum atomic E-state index is -0.300. The zero-order valence-electron chi connectivity index (χ0n) is 13.7. The third-order valence-electron chi connectivity index (χ3n) is 3.58. The Balaban J connectivity index is 2.15. The molecule has 0 saturated carbocycles. The van der Waals surface area contributed by atoms with Crippen molar-refractivity contribution in [2.24, 2.45) is 0 Å². The standard InChI is InChI=1S/C19H20O4S/c1-22-16-10-8-15(9-11-16)18(24-13-19(21)23-2)12-17(20)14-6-4-3-5-7-14/h3-11,18H,12-13H2,1-2H3. The average Bonchev–Trinajstić information content (AvgIpc) is 2.65. The van der Waals surface area contributed by atoms with Gasteiger partial charge in [-0.15, -0.1) is 11.8 Å². The van der Waals surface area contributed by atoms with Crippen molar-refractivity contribution in [3.63, 3.8) is 0 Å². The first-order chi connectivity index (χ1) is 11.6. The number of carbonyl (C=O) groups is 2. The third kappa shape index (κ3) is 5.13. The molecule has 0 amide bonds. The summed E-state index contributed by atoms with van der Waals surface area (Å²) < 4.78 is 9.86. The van der Waals surface area contributed by atoms with E-state index in [9.17, 15) is 9.59 Å². The molecule has 1 atom stereocenters. The van der Waals surface area contributed by atoms with E-state index < -0.39 is 0 Å². The van der Waals surface area contributed by atoms with Crippen molar-refractivity contribution in [2.75, 3.05) is 20.0 Å². The Kier molecular flexibility index (Phi) is 6.88. The lowest BCUT2D eigenvalue weighted by atomic mass is 10.0. The Morgan fingerprint density at radius 1 is 1.00 bits per heavy atom. The van der Waals surface area contributed by atoms with E-state index in [0.717, 1.165) is 11.3 Å². The number of ketones is 1. The highest BCUT2D eigenvalue weighted by atomic mass is 32.2. The fraction of sp³-hybridized carbons (Fsp3) is 0.263. The van der Waals surface area contributed by atoms with Gasteiger partial charge >= 0.3 is 5.97 Å². The van der Waals surface area contributed by atoms with Crippen LogP contribution in [0.2, 0.25) is 0 Å². The summed E-state index contributed by atoms with van der Waals surface area (Å²) in [5, 5.41) is -0.122. The van der Waals surface area contributed by atoms with Crippen LogP contribution in [0.4, 0.5) is 0 Å². The van der Waals surface area contributed by atoms with E-state index in [2.05, 4.69) is 0 Å². The van der Waals surface area contributed by atoms with Gasteiger partial charge in [-0.1, -0.05) is 42.5 Å². The van der Waals surface area contributed by atoms with Gasteiger partial charge in [0.15, 0.2) is 5.78 Å². The molecule has 2 rings (SSSR count). The molecule has 0 aromatic heterocycles. The molecule has 0 N–H and O–H groups in total. The van der Waals surface area contributed by atoms with Crippen LogP contribution >= 0.6 is 11.8 Å². The molecule has 24 heavy (non-hydrogen) atoms. The van der Waals surface area contributed by atoms with Crippen LogP contribution in [0.15, 0.2) is 54.6 Å². The second kappa shape index (κ2) is 9.13. The molecule has 0 spiro atoms. The predicted molar refractivity (Wildman–Crippen MR) is 95.6 cm³/mol. The molecule has 4 nitrogen and oxygen atoms in total. The molecule has 0 aliphatic heterocycles. The van der Waals surface area contributed by atoms with E-state index in [1.165, 1.54) is 18.9 Å². The third-order valence-corrected chi connectivity index (χ3v) is 4.83. The van der Waals surface area contributed by atoms with Gasteiger partial charge in [-0.3, -0.25) is 9.59 Å². The van der Waals surface area contributed by atoms with Crippen LogP contribution < -0.4 is 4.74 Å². The number of hydrogen-bond acceptors (Lipinski definition) is 5. The first-order valence-electron chi connectivity index (χ1n) is 7.54. The zero-order chi connectivity index (χ0) is 17.4. The van der Waals surface area contributed by atoms with Gasteiger partial charge in [0.25, 0.3) is 0 Å². The van der Waals surface area contributed by atoms with Crippen LogP contribution in [0, 0.1) is 0 Å². The highest BCUT2D eigenvalue weighted by Crippen LogP contribution is 2.34. The summed E-state index contributed by atoms with van der Waals surface area (Å²) in [5.41, 5.74) is 1.66. The van der Waals surface area contributed by atoms with Crippen LogP contribution in [0.5, 0.6) is 5.75 Å². The van der Waals surface area contributed by atoms with E-state index in [1.807, 2.05) is 42.5 Å². The quantitative estimate of drug-likeness (QED) is 0.537. The number of benzene rings is 2. The Bertz CT molecular complexity index is 668. The number of hydrogen-bond donors (Lipinski definition) is 0. The van der Waals surface area contributed by atoms with Crippen LogP contribution in [0.25, 0.3) is 0 Å².